The van der Waals surface area contributed by atoms with E-state index < -0.39 is 0 Å². The Morgan fingerprint density at radius 2 is 1.95 bits per heavy atom. The van der Waals surface area contributed by atoms with Gasteiger partial charge in [0.2, 0.25) is 5.13 Å². The van der Waals surface area contributed by atoms with E-state index in [9.17, 15) is 0 Å². The molecular formula is C13H16N4S2. The van der Waals surface area contributed by atoms with E-state index in [1.807, 2.05) is 30.0 Å². The molecule has 0 saturated carbocycles. The van der Waals surface area contributed by atoms with E-state index in [1.165, 1.54) is 0 Å². The maximum atomic E-state index is 4.33. The van der Waals surface area contributed by atoms with Gasteiger partial charge in [-0.2, -0.15) is 11.8 Å². The fourth-order valence-corrected chi connectivity index (χ4v) is 4.44. The average Bonchev–Trinajstić information content (AvgIpc) is 2.88. The Kier molecular flexibility index (Phi) is 3.70. The molecule has 1 aliphatic heterocycles. The molecule has 3 heterocycles. The summed E-state index contributed by atoms with van der Waals surface area (Å²) in [7, 11) is 0. The first-order valence-corrected chi connectivity index (χ1v) is 8.13. The minimum Gasteiger partial charge on any atom is -0.344 e. The zero-order valence-electron chi connectivity index (χ0n) is 11.0. The van der Waals surface area contributed by atoms with E-state index in [0.717, 1.165) is 28.9 Å². The van der Waals surface area contributed by atoms with Crippen molar-refractivity contribution in [1.82, 2.24) is 15.2 Å². The van der Waals surface area contributed by atoms with Crippen molar-refractivity contribution in [2.75, 3.05) is 18.0 Å². The molecule has 0 unspecified atom stereocenters. The minimum atomic E-state index is 0.644. The van der Waals surface area contributed by atoms with Gasteiger partial charge in [-0.05, 0) is 12.1 Å². The van der Waals surface area contributed by atoms with E-state index >= 15 is 0 Å². The molecule has 0 aliphatic carbocycles. The van der Waals surface area contributed by atoms with Gasteiger partial charge in [0.1, 0.15) is 5.69 Å². The van der Waals surface area contributed by atoms with E-state index in [-0.39, 0.29) is 0 Å². The van der Waals surface area contributed by atoms with Gasteiger partial charge in [-0.3, -0.25) is 4.98 Å². The zero-order chi connectivity index (χ0) is 13.2. The van der Waals surface area contributed by atoms with Gasteiger partial charge in [-0.1, -0.05) is 31.3 Å². The third-order valence-electron chi connectivity index (χ3n) is 2.99. The Morgan fingerprint density at radius 1 is 1.16 bits per heavy atom. The first kappa shape index (κ1) is 12.9. The molecule has 0 aromatic carbocycles. The molecule has 2 aromatic rings. The average molecular weight is 292 g/mol. The lowest BCUT2D eigenvalue weighted by atomic mass is 10.3. The molecule has 100 valence electrons. The lowest BCUT2D eigenvalue weighted by molar-refractivity contribution is 0.721. The lowest BCUT2D eigenvalue weighted by Gasteiger charge is -2.33. The van der Waals surface area contributed by atoms with Crippen LogP contribution in [-0.2, 0) is 0 Å². The minimum absolute atomic E-state index is 0.644. The van der Waals surface area contributed by atoms with Crippen molar-refractivity contribution in [3.05, 3.63) is 24.4 Å². The predicted molar refractivity (Wildman–Crippen MR) is 81.9 cm³/mol. The molecule has 6 heteroatoms. The molecule has 1 saturated heterocycles. The maximum Gasteiger partial charge on any atom is 0.208 e. The summed E-state index contributed by atoms with van der Waals surface area (Å²) in [6.07, 6.45) is 1.79. The van der Waals surface area contributed by atoms with E-state index in [0.29, 0.717) is 10.5 Å². The molecule has 0 amide bonds. The largest absolute Gasteiger partial charge is 0.344 e. The Balaban J connectivity index is 1.81. The number of thioether (sulfide) groups is 1. The zero-order valence-corrected chi connectivity index (χ0v) is 12.6. The number of hydrogen-bond acceptors (Lipinski definition) is 6. The van der Waals surface area contributed by atoms with Crippen molar-refractivity contribution < 1.29 is 0 Å². The van der Waals surface area contributed by atoms with Crippen LogP contribution in [0.2, 0.25) is 0 Å². The SMILES string of the molecule is C[C@@H]1CN(c2nnc(-c3ccccn3)s2)C[C@@H](C)S1. The van der Waals surface area contributed by atoms with Crippen molar-refractivity contribution >= 4 is 28.2 Å². The van der Waals surface area contributed by atoms with Crippen LogP contribution in [0.1, 0.15) is 13.8 Å². The molecule has 1 fully saturated rings. The number of rotatable bonds is 2. The molecule has 2 atom stereocenters. The van der Waals surface area contributed by atoms with Crippen molar-refractivity contribution in [2.24, 2.45) is 0 Å². The van der Waals surface area contributed by atoms with Crippen molar-refractivity contribution in [1.29, 1.82) is 0 Å². The Bertz CT molecular complexity index is 533. The number of anilines is 1. The normalized spacial score (nSPS) is 23.6. The Hall–Kier alpha value is -1.14. The first-order chi connectivity index (χ1) is 9.22. The number of nitrogens with zero attached hydrogens (tertiary/aromatic N) is 4. The summed E-state index contributed by atoms with van der Waals surface area (Å²) >= 11 is 3.67. The monoisotopic (exact) mass is 292 g/mol. The lowest BCUT2D eigenvalue weighted by Crippen LogP contribution is -2.40. The van der Waals surface area contributed by atoms with E-state index in [2.05, 4.69) is 33.9 Å². The third-order valence-corrected chi connectivity index (χ3v) is 5.22. The molecule has 19 heavy (non-hydrogen) atoms. The van der Waals surface area contributed by atoms with Crippen LogP contribution in [0.5, 0.6) is 0 Å². The molecule has 0 radical (unpaired) electrons. The summed E-state index contributed by atoms with van der Waals surface area (Å²) < 4.78 is 0. The molecule has 2 aromatic heterocycles. The van der Waals surface area contributed by atoms with Gasteiger partial charge in [-0.15, -0.1) is 10.2 Å². The van der Waals surface area contributed by atoms with Crippen LogP contribution in [0.3, 0.4) is 0 Å². The smallest absolute Gasteiger partial charge is 0.208 e. The van der Waals surface area contributed by atoms with Gasteiger partial charge >= 0.3 is 0 Å². The van der Waals surface area contributed by atoms with Crippen LogP contribution < -0.4 is 4.90 Å². The third kappa shape index (κ3) is 2.90. The molecule has 0 N–H and O–H groups in total. The van der Waals surface area contributed by atoms with E-state index in [4.69, 9.17) is 0 Å². The highest BCUT2D eigenvalue weighted by Gasteiger charge is 2.25. The van der Waals surface area contributed by atoms with E-state index in [1.54, 1.807) is 17.5 Å². The highest BCUT2D eigenvalue weighted by Crippen LogP contribution is 2.32. The molecule has 1 aliphatic rings. The van der Waals surface area contributed by atoms with Gasteiger partial charge in [0.05, 0.1) is 0 Å². The van der Waals surface area contributed by atoms with Crippen molar-refractivity contribution in [3.8, 4) is 10.7 Å². The van der Waals surface area contributed by atoms with Gasteiger partial charge in [0, 0.05) is 29.8 Å². The Morgan fingerprint density at radius 3 is 2.63 bits per heavy atom. The van der Waals surface area contributed by atoms with Crippen LogP contribution in [-0.4, -0.2) is 38.8 Å². The fourth-order valence-electron chi connectivity index (χ4n) is 2.27. The summed E-state index contributed by atoms with van der Waals surface area (Å²) in [6, 6.07) is 5.86. The first-order valence-electron chi connectivity index (χ1n) is 6.37. The quantitative estimate of drug-likeness (QED) is 0.851. The highest BCUT2D eigenvalue weighted by molar-refractivity contribution is 8.00. The Labute approximate surface area is 121 Å². The number of aromatic nitrogens is 3. The van der Waals surface area contributed by atoms with Gasteiger partial charge < -0.3 is 4.90 Å². The van der Waals surface area contributed by atoms with Crippen molar-refractivity contribution in [2.45, 2.75) is 24.3 Å². The van der Waals surface area contributed by atoms with Crippen LogP contribution in [0.4, 0.5) is 5.13 Å². The van der Waals surface area contributed by atoms with Crippen LogP contribution in [0.25, 0.3) is 10.7 Å². The second-order valence-electron chi connectivity index (χ2n) is 4.77. The second-order valence-corrected chi connectivity index (χ2v) is 7.60. The second kappa shape index (κ2) is 5.46. The molecule has 4 nitrogen and oxygen atoms in total. The standard InChI is InChI=1S/C13H16N4S2/c1-9-7-17(8-10(2)18-9)13-16-15-12(19-13)11-5-3-4-6-14-11/h3-6,9-10H,7-8H2,1-2H3/t9-,10-/m1/s1. The summed E-state index contributed by atoms with van der Waals surface area (Å²) in [4.78, 5) is 6.67. The molecule has 0 bridgehead atoms. The van der Waals surface area contributed by atoms with Gasteiger partial charge in [0.25, 0.3) is 0 Å². The van der Waals surface area contributed by atoms with Crippen LogP contribution in [0, 0.1) is 0 Å². The van der Waals surface area contributed by atoms with Crippen molar-refractivity contribution in [3.63, 3.8) is 0 Å². The maximum absolute atomic E-state index is 4.33. The molecule has 3 rings (SSSR count). The highest BCUT2D eigenvalue weighted by atomic mass is 32.2. The van der Waals surface area contributed by atoms with Gasteiger partial charge in [-0.25, -0.2) is 0 Å². The molecule has 0 spiro atoms. The molecular weight excluding hydrogens is 276 g/mol. The number of hydrogen-bond donors (Lipinski definition) is 0. The van der Waals surface area contributed by atoms with Crippen LogP contribution >= 0.6 is 23.1 Å². The number of pyridine rings is 1. The van der Waals surface area contributed by atoms with Crippen LogP contribution in [0.15, 0.2) is 24.4 Å². The van der Waals surface area contributed by atoms with Gasteiger partial charge in [0.15, 0.2) is 5.01 Å². The summed E-state index contributed by atoms with van der Waals surface area (Å²) in [5, 5.41) is 11.8. The fraction of sp³-hybridized carbons (Fsp3) is 0.462. The topological polar surface area (TPSA) is 41.9 Å². The summed E-state index contributed by atoms with van der Waals surface area (Å²) in [5.41, 5.74) is 0.902. The summed E-state index contributed by atoms with van der Waals surface area (Å²) in [6.45, 7) is 6.64. The summed E-state index contributed by atoms with van der Waals surface area (Å²) in [5.74, 6) is 0. The predicted octanol–water partition coefficient (Wildman–Crippen LogP) is 2.93.